The van der Waals surface area contributed by atoms with Crippen LogP contribution in [0.2, 0.25) is 0 Å². The molecule has 0 amide bonds. The maximum absolute atomic E-state index is 10.8. The van der Waals surface area contributed by atoms with E-state index < -0.39 is 5.97 Å². The van der Waals surface area contributed by atoms with E-state index in [2.05, 4.69) is 25.6 Å². The van der Waals surface area contributed by atoms with Crippen LogP contribution in [0.25, 0.3) is 10.9 Å². The smallest absolute Gasteiger partial charge is 0.322 e. The summed E-state index contributed by atoms with van der Waals surface area (Å²) in [7, 11) is 0. The first-order chi connectivity index (χ1) is 10.7. The highest BCUT2D eigenvalue weighted by atomic mass is 16.4. The van der Waals surface area contributed by atoms with Crippen LogP contribution >= 0.6 is 0 Å². The molecule has 0 aliphatic carbocycles. The van der Waals surface area contributed by atoms with Gasteiger partial charge in [0.1, 0.15) is 12.4 Å². The van der Waals surface area contributed by atoms with Crippen LogP contribution in [0.4, 0.5) is 17.5 Å². The number of carboxylic acid groups (broad SMARTS) is 1. The minimum absolute atomic E-state index is 0.213. The van der Waals surface area contributed by atoms with Crippen molar-refractivity contribution in [2.24, 2.45) is 0 Å². The molecule has 0 aliphatic rings. The van der Waals surface area contributed by atoms with Gasteiger partial charge in [0.2, 0.25) is 5.95 Å². The van der Waals surface area contributed by atoms with Crippen molar-refractivity contribution in [2.45, 2.75) is 0 Å². The van der Waals surface area contributed by atoms with E-state index in [1.165, 1.54) is 0 Å². The standard InChI is InChI=1S/C15H13N5O2/c21-13(22)9-17-14-11-3-1-2-4-12(11)19-15(20-14)18-10-5-7-16-8-6-10/h1-8H,9H2,(H,21,22)(H2,16,17,18,19,20). The van der Waals surface area contributed by atoms with E-state index in [-0.39, 0.29) is 6.54 Å². The molecule has 3 rings (SSSR count). The molecule has 0 atom stereocenters. The molecule has 110 valence electrons. The molecule has 0 aliphatic heterocycles. The third kappa shape index (κ3) is 3.09. The van der Waals surface area contributed by atoms with Crippen LogP contribution in [-0.4, -0.2) is 32.6 Å². The third-order valence-electron chi connectivity index (χ3n) is 2.95. The number of hydrogen-bond donors (Lipinski definition) is 3. The van der Waals surface area contributed by atoms with Gasteiger partial charge >= 0.3 is 5.97 Å². The summed E-state index contributed by atoms with van der Waals surface area (Å²) in [4.78, 5) is 23.5. The second-order valence-corrected chi connectivity index (χ2v) is 4.52. The van der Waals surface area contributed by atoms with Gasteiger partial charge in [0, 0.05) is 23.5 Å². The highest BCUT2D eigenvalue weighted by molar-refractivity contribution is 5.91. The Hall–Kier alpha value is -3.22. The molecule has 1 aromatic carbocycles. The molecule has 0 spiro atoms. The summed E-state index contributed by atoms with van der Waals surface area (Å²) < 4.78 is 0. The molecule has 0 saturated heterocycles. The Labute approximate surface area is 126 Å². The van der Waals surface area contributed by atoms with Gasteiger partial charge in [0.05, 0.1) is 5.52 Å². The van der Waals surface area contributed by atoms with E-state index in [4.69, 9.17) is 5.11 Å². The number of pyridine rings is 1. The Balaban J connectivity index is 1.98. The molecule has 3 N–H and O–H groups in total. The summed E-state index contributed by atoms with van der Waals surface area (Å²) in [5.74, 6) is -0.0892. The predicted octanol–water partition coefficient (Wildman–Crippen LogP) is 2.26. The normalized spacial score (nSPS) is 10.4. The predicted molar refractivity (Wildman–Crippen MR) is 83.2 cm³/mol. The van der Waals surface area contributed by atoms with Gasteiger partial charge in [-0.1, -0.05) is 12.1 Å². The van der Waals surface area contributed by atoms with Crippen molar-refractivity contribution in [3.05, 3.63) is 48.8 Å². The van der Waals surface area contributed by atoms with Crippen LogP contribution in [0.1, 0.15) is 0 Å². The largest absolute Gasteiger partial charge is 0.480 e. The first kappa shape index (κ1) is 13.7. The number of aromatic nitrogens is 3. The zero-order valence-electron chi connectivity index (χ0n) is 11.5. The molecule has 0 bridgehead atoms. The lowest BCUT2D eigenvalue weighted by atomic mass is 10.2. The highest BCUT2D eigenvalue weighted by Gasteiger charge is 2.08. The molecule has 3 aromatic rings. The molecule has 22 heavy (non-hydrogen) atoms. The minimum Gasteiger partial charge on any atom is -0.480 e. The van der Waals surface area contributed by atoms with Crippen LogP contribution < -0.4 is 10.6 Å². The molecule has 7 nitrogen and oxygen atoms in total. The van der Waals surface area contributed by atoms with Crippen LogP contribution in [0, 0.1) is 0 Å². The van der Waals surface area contributed by atoms with E-state index >= 15 is 0 Å². The number of aliphatic carboxylic acids is 1. The van der Waals surface area contributed by atoms with Gasteiger partial charge in [0.25, 0.3) is 0 Å². The Morgan fingerprint density at radius 2 is 1.86 bits per heavy atom. The van der Waals surface area contributed by atoms with Gasteiger partial charge in [-0.05, 0) is 24.3 Å². The molecular formula is C15H13N5O2. The van der Waals surface area contributed by atoms with Crippen molar-refractivity contribution in [1.82, 2.24) is 15.0 Å². The lowest BCUT2D eigenvalue weighted by Crippen LogP contribution is -2.14. The Bertz CT molecular complexity index is 807. The highest BCUT2D eigenvalue weighted by Crippen LogP contribution is 2.23. The maximum Gasteiger partial charge on any atom is 0.322 e. The molecule has 2 heterocycles. The monoisotopic (exact) mass is 295 g/mol. The van der Waals surface area contributed by atoms with Gasteiger partial charge in [-0.2, -0.15) is 4.98 Å². The maximum atomic E-state index is 10.8. The number of carboxylic acids is 1. The second kappa shape index (κ2) is 6.04. The first-order valence-electron chi connectivity index (χ1n) is 6.62. The van der Waals surface area contributed by atoms with Crippen molar-refractivity contribution in [3.63, 3.8) is 0 Å². The van der Waals surface area contributed by atoms with Crippen LogP contribution in [0.5, 0.6) is 0 Å². The number of para-hydroxylation sites is 1. The van der Waals surface area contributed by atoms with Crippen molar-refractivity contribution >= 4 is 34.3 Å². The number of rotatable bonds is 5. The van der Waals surface area contributed by atoms with E-state index in [0.717, 1.165) is 16.6 Å². The lowest BCUT2D eigenvalue weighted by molar-refractivity contribution is -0.134. The lowest BCUT2D eigenvalue weighted by Gasteiger charge is -2.10. The zero-order valence-corrected chi connectivity index (χ0v) is 11.5. The topological polar surface area (TPSA) is 100 Å². The Kier molecular flexibility index (Phi) is 3.78. The third-order valence-corrected chi connectivity index (χ3v) is 2.95. The summed E-state index contributed by atoms with van der Waals surface area (Å²) >= 11 is 0. The first-order valence-corrected chi connectivity index (χ1v) is 6.62. The van der Waals surface area contributed by atoms with Crippen LogP contribution in [-0.2, 0) is 4.79 Å². The van der Waals surface area contributed by atoms with E-state index in [9.17, 15) is 4.79 Å². The van der Waals surface area contributed by atoms with Gasteiger partial charge < -0.3 is 15.7 Å². The summed E-state index contributed by atoms with van der Waals surface area (Å²) in [6, 6.07) is 11.0. The minimum atomic E-state index is -0.952. The summed E-state index contributed by atoms with van der Waals surface area (Å²) in [5, 5.41) is 15.5. The zero-order chi connectivity index (χ0) is 15.4. The Morgan fingerprint density at radius 3 is 2.64 bits per heavy atom. The molecule has 0 fully saturated rings. The van der Waals surface area contributed by atoms with Crippen LogP contribution in [0.3, 0.4) is 0 Å². The quantitative estimate of drug-likeness (QED) is 0.663. The van der Waals surface area contributed by atoms with Crippen molar-refractivity contribution in [3.8, 4) is 0 Å². The SMILES string of the molecule is O=C(O)CNc1nc(Nc2ccncc2)nc2ccccc12. The molecule has 7 heteroatoms. The molecule has 0 unspecified atom stereocenters. The fourth-order valence-corrected chi connectivity index (χ4v) is 1.99. The fraction of sp³-hybridized carbons (Fsp3) is 0.0667. The Morgan fingerprint density at radius 1 is 1.09 bits per heavy atom. The number of nitrogens with zero attached hydrogens (tertiary/aromatic N) is 3. The van der Waals surface area contributed by atoms with Crippen molar-refractivity contribution < 1.29 is 9.90 Å². The number of hydrogen-bond acceptors (Lipinski definition) is 6. The van der Waals surface area contributed by atoms with Crippen LogP contribution in [0.15, 0.2) is 48.8 Å². The van der Waals surface area contributed by atoms with Gasteiger partial charge in [-0.15, -0.1) is 0 Å². The van der Waals surface area contributed by atoms with Crippen molar-refractivity contribution in [1.29, 1.82) is 0 Å². The fourth-order valence-electron chi connectivity index (χ4n) is 1.99. The van der Waals surface area contributed by atoms with Gasteiger partial charge in [-0.3, -0.25) is 9.78 Å². The number of nitrogens with one attached hydrogen (secondary N) is 2. The molecule has 0 saturated carbocycles. The second-order valence-electron chi connectivity index (χ2n) is 4.52. The van der Waals surface area contributed by atoms with E-state index in [0.29, 0.717) is 11.8 Å². The number of anilines is 3. The number of carbonyl (C=O) groups is 1. The van der Waals surface area contributed by atoms with Crippen molar-refractivity contribution in [2.75, 3.05) is 17.2 Å². The van der Waals surface area contributed by atoms with Gasteiger partial charge in [0.15, 0.2) is 0 Å². The van der Waals surface area contributed by atoms with Gasteiger partial charge in [-0.25, -0.2) is 4.98 Å². The number of fused-ring (bicyclic) bond motifs is 1. The van der Waals surface area contributed by atoms with E-state index in [1.54, 1.807) is 24.5 Å². The average Bonchev–Trinajstić information content (AvgIpc) is 2.53. The molecule has 0 radical (unpaired) electrons. The summed E-state index contributed by atoms with van der Waals surface area (Å²) in [6.07, 6.45) is 3.32. The molecule has 2 aromatic heterocycles. The van der Waals surface area contributed by atoms with E-state index in [1.807, 2.05) is 24.3 Å². The summed E-state index contributed by atoms with van der Waals surface area (Å²) in [5.41, 5.74) is 1.52. The summed E-state index contributed by atoms with van der Waals surface area (Å²) in [6.45, 7) is -0.213. The molecular weight excluding hydrogens is 282 g/mol. The number of benzene rings is 1. The average molecular weight is 295 g/mol.